The summed E-state index contributed by atoms with van der Waals surface area (Å²) in [7, 11) is 0. The van der Waals surface area contributed by atoms with Gasteiger partial charge in [-0.15, -0.1) is 11.3 Å². The smallest absolute Gasteiger partial charge is 0.223 e. The van der Waals surface area contributed by atoms with Gasteiger partial charge in [-0.2, -0.15) is 0 Å². The first-order chi connectivity index (χ1) is 10.7. The standard InChI is InChI=1S/C17H24N2O2S/c1-11-2-5-16(22-11)14-8-15(14)17(20)18-9-13-10-19(6-7-21-13)12-3-4-12/h2,5,12-15H,3-4,6-10H2,1H3,(H,18,20). The van der Waals surface area contributed by atoms with Gasteiger partial charge in [-0.05, 0) is 38.3 Å². The molecule has 0 spiro atoms. The van der Waals surface area contributed by atoms with Crippen molar-refractivity contribution < 1.29 is 9.53 Å². The summed E-state index contributed by atoms with van der Waals surface area (Å²) >= 11 is 1.82. The van der Waals surface area contributed by atoms with E-state index >= 15 is 0 Å². The summed E-state index contributed by atoms with van der Waals surface area (Å²) in [4.78, 5) is 17.5. The molecule has 4 nitrogen and oxygen atoms in total. The highest BCUT2D eigenvalue weighted by molar-refractivity contribution is 7.12. The highest BCUT2D eigenvalue weighted by Crippen LogP contribution is 2.49. The van der Waals surface area contributed by atoms with Crippen LogP contribution in [0.15, 0.2) is 12.1 Å². The maximum absolute atomic E-state index is 12.3. The molecule has 1 aliphatic heterocycles. The highest BCUT2D eigenvalue weighted by atomic mass is 32.1. The third-order valence-corrected chi connectivity index (χ3v) is 6.12. The van der Waals surface area contributed by atoms with E-state index in [0.29, 0.717) is 12.5 Å². The number of carbonyl (C=O) groups excluding carboxylic acids is 1. The monoisotopic (exact) mass is 320 g/mol. The Balaban J connectivity index is 1.23. The number of thiophene rings is 1. The molecule has 3 atom stereocenters. The number of aryl methyl sites for hydroxylation is 1. The molecule has 2 aliphatic carbocycles. The predicted octanol–water partition coefficient (Wildman–Crippen LogP) is 2.14. The molecule has 1 aromatic rings. The predicted molar refractivity (Wildman–Crippen MR) is 87.2 cm³/mol. The number of hydrogen-bond acceptors (Lipinski definition) is 4. The van der Waals surface area contributed by atoms with Crippen molar-refractivity contribution in [2.75, 3.05) is 26.2 Å². The van der Waals surface area contributed by atoms with Gasteiger partial charge in [-0.1, -0.05) is 0 Å². The van der Waals surface area contributed by atoms with Gasteiger partial charge in [0, 0.05) is 47.3 Å². The van der Waals surface area contributed by atoms with Crippen LogP contribution in [0.3, 0.4) is 0 Å². The molecule has 2 saturated carbocycles. The Hall–Kier alpha value is -0.910. The molecular formula is C17H24N2O2S. The number of ether oxygens (including phenoxy) is 1. The van der Waals surface area contributed by atoms with Crippen LogP contribution in [-0.2, 0) is 9.53 Å². The van der Waals surface area contributed by atoms with Crippen LogP contribution in [-0.4, -0.2) is 49.2 Å². The van der Waals surface area contributed by atoms with Crippen molar-refractivity contribution in [1.82, 2.24) is 10.2 Å². The summed E-state index contributed by atoms with van der Waals surface area (Å²) < 4.78 is 5.80. The van der Waals surface area contributed by atoms with Gasteiger partial charge in [0.1, 0.15) is 0 Å². The minimum atomic E-state index is 0.166. The topological polar surface area (TPSA) is 41.6 Å². The first-order valence-electron chi connectivity index (χ1n) is 8.40. The Kier molecular flexibility index (Phi) is 3.96. The van der Waals surface area contributed by atoms with E-state index in [1.165, 1.54) is 22.6 Å². The van der Waals surface area contributed by atoms with Gasteiger partial charge >= 0.3 is 0 Å². The lowest BCUT2D eigenvalue weighted by Gasteiger charge is -2.33. The second kappa shape index (κ2) is 5.95. The molecule has 3 aliphatic rings. The number of morpholine rings is 1. The zero-order chi connectivity index (χ0) is 15.1. The summed E-state index contributed by atoms with van der Waals surface area (Å²) in [5.74, 6) is 0.846. The van der Waals surface area contributed by atoms with E-state index in [0.717, 1.165) is 32.2 Å². The molecule has 0 aromatic carbocycles. The van der Waals surface area contributed by atoms with Crippen molar-refractivity contribution in [2.45, 2.75) is 44.2 Å². The third kappa shape index (κ3) is 3.21. The SMILES string of the molecule is Cc1ccc(C2CC2C(=O)NCC2CN(C3CC3)CCO2)s1. The molecule has 1 saturated heterocycles. The Morgan fingerprint density at radius 2 is 2.32 bits per heavy atom. The van der Waals surface area contributed by atoms with Crippen LogP contribution in [0.4, 0.5) is 0 Å². The Labute approximate surface area is 135 Å². The van der Waals surface area contributed by atoms with E-state index in [-0.39, 0.29) is 17.9 Å². The van der Waals surface area contributed by atoms with Gasteiger partial charge in [-0.3, -0.25) is 9.69 Å². The third-order valence-electron chi connectivity index (χ3n) is 4.99. The lowest BCUT2D eigenvalue weighted by Crippen LogP contribution is -2.48. The molecule has 0 bridgehead atoms. The zero-order valence-electron chi connectivity index (χ0n) is 13.1. The van der Waals surface area contributed by atoms with Crippen LogP contribution in [0.5, 0.6) is 0 Å². The lowest BCUT2D eigenvalue weighted by atomic mass is 10.2. The van der Waals surface area contributed by atoms with E-state index in [4.69, 9.17) is 4.74 Å². The summed E-state index contributed by atoms with van der Waals surface area (Å²) in [5, 5.41) is 3.11. The molecule has 4 rings (SSSR count). The fourth-order valence-electron chi connectivity index (χ4n) is 3.43. The Morgan fingerprint density at radius 1 is 1.45 bits per heavy atom. The number of nitrogens with zero attached hydrogens (tertiary/aromatic N) is 1. The maximum atomic E-state index is 12.3. The molecular weight excluding hydrogens is 296 g/mol. The molecule has 1 aromatic heterocycles. The summed E-state index contributed by atoms with van der Waals surface area (Å²) in [6.07, 6.45) is 3.84. The van der Waals surface area contributed by atoms with Crippen molar-refractivity contribution in [3.05, 3.63) is 21.9 Å². The van der Waals surface area contributed by atoms with Crippen molar-refractivity contribution >= 4 is 17.2 Å². The Morgan fingerprint density at radius 3 is 3.05 bits per heavy atom. The van der Waals surface area contributed by atoms with Crippen LogP contribution in [0.25, 0.3) is 0 Å². The average Bonchev–Trinajstić information content (AvgIpc) is 3.43. The van der Waals surface area contributed by atoms with E-state index in [1.807, 2.05) is 11.3 Å². The molecule has 22 heavy (non-hydrogen) atoms. The summed E-state index contributed by atoms with van der Waals surface area (Å²) in [6.45, 7) is 5.62. The molecule has 1 N–H and O–H groups in total. The molecule has 2 heterocycles. The lowest BCUT2D eigenvalue weighted by molar-refractivity contribution is -0.123. The number of amides is 1. The molecule has 1 amide bonds. The molecule has 0 radical (unpaired) electrons. The van der Waals surface area contributed by atoms with Gasteiger partial charge in [0.15, 0.2) is 0 Å². The van der Waals surface area contributed by atoms with E-state index in [2.05, 4.69) is 29.3 Å². The minimum Gasteiger partial charge on any atom is -0.374 e. The van der Waals surface area contributed by atoms with Crippen molar-refractivity contribution in [3.8, 4) is 0 Å². The van der Waals surface area contributed by atoms with Gasteiger partial charge in [0.05, 0.1) is 12.7 Å². The first kappa shape index (κ1) is 14.7. The van der Waals surface area contributed by atoms with Crippen LogP contribution in [0.2, 0.25) is 0 Å². The van der Waals surface area contributed by atoms with E-state index in [1.54, 1.807) is 0 Å². The van der Waals surface area contributed by atoms with Crippen molar-refractivity contribution in [2.24, 2.45) is 5.92 Å². The maximum Gasteiger partial charge on any atom is 0.223 e. The molecule has 120 valence electrons. The zero-order valence-corrected chi connectivity index (χ0v) is 13.9. The fraction of sp³-hybridized carbons (Fsp3) is 0.706. The van der Waals surface area contributed by atoms with Crippen LogP contribution >= 0.6 is 11.3 Å². The van der Waals surface area contributed by atoms with Gasteiger partial charge in [-0.25, -0.2) is 0 Å². The fourth-order valence-corrected chi connectivity index (χ4v) is 4.49. The van der Waals surface area contributed by atoms with E-state index in [9.17, 15) is 4.79 Å². The number of nitrogens with one attached hydrogen (secondary N) is 1. The molecule has 3 fully saturated rings. The number of carbonyl (C=O) groups is 1. The van der Waals surface area contributed by atoms with Crippen LogP contribution in [0, 0.1) is 12.8 Å². The normalized spacial score (nSPS) is 32.0. The van der Waals surface area contributed by atoms with Crippen LogP contribution < -0.4 is 5.32 Å². The quantitative estimate of drug-likeness (QED) is 0.904. The second-order valence-electron chi connectivity index (χ2n) is 6.86. The van der Waals surface area contributed by atoms with Gasteiger partial charge in [0.25, 0.3) is 0 Å². The number of rotatable bonds is 5. The average molecular weight is 320 g/mol. The largest absolute Gasteiger partial charge is 0.374 e. The molecule has 5 heteroatoms. The number of hydrogen-bond donors (Lipinski definition) is 1. The molecule has 3 unspecified atom stereocenters. The summed E-state index contributed by atoms with van der Waals surface area (Å²) in [6, 6.07) is 5.11. The Bertz CT molecular complexity index is 555. The first-order valence-corrected chi connectivity index (χ1v) is 9.22. The van der Waals surface area contributed by atoms with E-state index < -0.39 is 0 Å². The highest BCUT2D eigenvalue weighted by Gasteiger charge is 2.44. The van der Waals surface area contributed by atoms with Crippen molar-refractivity contribution in [1.29, 1.82) is 0 Å². The second-order valence-corrected chi connectivity index (χ2v) is 8.18. The van der Waals surface area contributed by atoms with Gasteiger partial charge < -0.3 is 10.1 Å². The van der Waals surface area contributed by atoms with Crippen LogP contribution in [0.1, 0.15) is 34.9 Å². The van der Waals surface area contributed by atoms with Gasteiger partial charge in [0.2, 0.25) is 5.91 Å². The van der Waals surface area contributed by atoms with Crippen molar-refractivity contribution in [3.63, 3.8) is 0 Å². The minimum absolute atomic E-state index is 0.166. The summed E-state index contributed by atoms with van der Waals surface area (Å²) in [5.41, 5.74) is 0.